The van der Waals surface area contributed by atoms with Gasteiger partial charge in [-0.1, -0.05) is 36.4 Å². The van der Waals surface area contributed by atoms with Gasteiger partial charge in [0.25, 0.3) is 5.91 Å². The average molecular weight is 460 g/mol. The normalized spacial score (nSPS) is 13.5. The van der Waals surface area contributed by atoms with Gasteiger partial charge < -0.3 is 10.6 Å². The average Bonchev–Trinajstić information content (AvgIpc) is 3.28. The Hall–Kier alpha value is -3.69. The van der Waals surface area contributed by atoms with E-state index in [2.05, 4.69) is 10.4 Å². The topological polar surface area (TPSA) is 90.9 Å². The number of nitrogens with one attached hydrogen (secondary N) is 2. The number of alkyl halides is 3. The fourth-order valence-corrected chi connectivity index (χ4v) is 3.21. The molecule has 0 unspecified atom stereocenters. The highest BCUT2D eigenvalue weighted by molar-refractivity contribution is 6.03. The van der Waals surface area contributed by atoms with Gasteiger partial charge in [-0.05, 0) is 30.2 Å². The number of aryl methyl sites for hydroxylation is 1. The number of benzene rings is 2. The van der Waals surface area contributed by atoms with Crippen molar-refractivity contribution in [3.63, 3.8) is 0 Å². The standard InChI is InChI=1S/C23H23F3N4O3/c1-15-7-8-17(22(33)27-14-23(24,25)26)13-19(15)28-20(31)9-10-21(32)30-12-11-18(29-30)16-5-3-2-4-6-16/h2-8,13H,9-12,14H2,1H3,(H,27,33)(H,28,31). The molecule has 0 saturated carbocycles. The van der Waals surface area contributed by atoms with E-state index in [1.54, 1.807) is 12.2 Å². The molecule has 0 aromatic heterocycles. The molecule has 2 N–H and O–H groups in total. The second-order valence-electron chi connectivity index (χ2n) is 7.56. The van der Waals surface area contributed by atoms with Crippen LogP contribution in [0.15, 0.2) is 53.6 Å². The molecule has 0 saturated heterocycles. The van der Waals surface area contributed by atoms with Crippen molar-refractivity contribution >= 4 is 29.1 Å². The molecule has 0 radical (unpaired) electrons. The maximum atomic E-state index is 12.4. The van der Waals surface area contributed by atoms with Gasteiger partial charge in [0.1, 0.15) is 6.54 Å². The molecule has 0 atom stereocenters. The van der Waals surface area contributed by atoms with Crippen molar-refractivity contribution < 1.29 is 27.6 Å². The number of halogens is 3. The summed E-state index contributed by atoms with van der Waals surface area (Å²) < 4.78 is 36.9. The Kier molecular flexibility index (Phi) is 7.47. The van der Waals surface area contributed by atoms with Gasteiger partial charge in [0.05, 0.1) is 12.3 Å². The molecule has 3 rings (SSSR count). The SMILES string of the molecule is Cc1ccc(C(=O)NCC(F)(F)F)cc1NC(=O)CCC(=O)N1CCC(c2ccccc2)=N1. The molecule has 0 spiro atoms. The summed E-state index contributed by atoms with van der Waals surface area (Å²) in [6.45, 7) is 0.676. The fourth-order valence-electron chi connectivity index (χ4n) is 3.21. The van der Waals surface area contributed by atoms with Gasteiger partial charge in [-0.2, -0.15) is 18.3 Å². The number of hydrogen-bond donors (Lipinski definition) is 2. The molecular formula is C23H23F3N4O3. The number of amides is 3. The minimum atomic E-state index is -4.52. The highest BCUT2D eigenvalue weighted by atomic mass is 19.4. The molecule has 2 aromatic carbocycles. The van der Waals surface area contributed by atoms with Crippen LogP contribution in [0, 0.1) is 6.92 Å². The zero-order valence-corrected chi connectivity index (χ0v) is 17.9. The van der Waals surface area contributed by atoms with E-state index in [1.807, 2.05) is 30.3 Å². The number of hydrogen-bond acceptors (Lipinski definition) is 4. The Morgan fingerprint density at radius 1 is 1.06 bits per heavy atom. The summed E-state index contributed by atoms with van der Waals surface area (Å²) in [5, 5.41) is 10.1. The van der Waals surface area contributed by atoms with Crippen LogP contribution in [-0.2, 0) is 9.59 Å². The van der Waals surface area contributed by atoms with Crippen LogP contribution in [0.4, 0.5) is 18.9 Å². The lowest BCUT2D eigenvalue weighted by atomic mass is 10.1. The molecule has 0 aliphatic carbocycles. The number of hydrazone groups is 1. The third kappa shape index (κ3) is 6.90. The Balaban J connectivity index is 1.54. The predicted octanol–water partition coefficient (Wildman–Crippen LogP) is 3.64. The summed E-state index contributed by atoms with van der Waals surface area (Å²) in [6, 6.07) is 13.7. The molecular weight excluding hydrogens is 437 g/mol. The highest BCUT2D eigenvalue weighted by Gasteiger charge is 2.28. The summed E-state index contributed by atoms with van der Waals surface area (Å²) in [4.78, 5) is 36.7. The van der Waals surface area contributed by atoms with Crippen LogP contribution in [0.5, 0.6) is 0 Å². The lowest BCUT2D eigenvalue weighted by Gasteiger charge is -2.13. The number of carbonyl (C=O) groups excluding carboxylic acids is 3. The molecule has 3 amide bonds. The van der Waals surface area contributed by atoms with E-state index < -0.39 is 24.5 Å². The zero-order valence-electron chi connectivity index (χ0n) is 17.9. The Morgan fingerprint density at radius 2 is 1.79 bits per heavy atom. The molecule has 1 aliphatic heterocycles. The summed E-state index contributed by atoms with van der Waals surface area (Å²) >= 11 is 0. The summed E-state index contributed by atoms with van der Waals surface area (Å²) in [7, 11) is 0. The second-order valence-corrected chi connectivity index (χ2v) is 7.56. The van der Waals surface area contributed by atoms with E-state index in [4.69, 9.17) is 0 Å². The lowest BCUT2D eigenvalue weighted by molar-refractivity contribution is -0.132. The quantitative estimate of drug-likeness (QED) is 0.661. The Bertz CT molecular complexity index is 1070. The van der Waals surface area contributed by atoms with Crippen molar-refractivity contribution in [3.8, 4) is 0 Å². The van der Waals surface area contributed by atoms with Crippen molar-refractivity contribution in [2.45, 2.75) is 32.4 Å². The number of nitrogens with zero attached hydrogens (tertiary/aromatic N) is 2. The largest absolute Gasteiger partial charge is 0.405 e. The van der Waals surface area contributed by atoms with Gasteiger partial charge in [0.15, 0.2) is 0 Å². The maximum Gasteiger partial charge on any atom is 0.405 e. The maximum absolute atomic E-state index is 12.4. The van der Waals surface area contributed by atoms with Crippen LogP contribution in [0.1, 0.15) is 40.7 Å². The Labute approximate surface area is 188 Å². The molecule has 1 aliphatic rings. The van der Waals surface area contributed by atoms with Crippen LogP contribution < -0.4 is 10.6 Å². The summed E-state index contributed by atoms with van der Waals surface area (Å²) in [6.07, 6.45) is -4.05. The first-order valence-corrected chi connectivity index (χ1v) is 10.3. The monoisotopic (exact) mass is 460 g/mol. The fraction of sp³-hybridized carbons (Fsp3) is 0.304. The summed E-state index contributed by atoms with van der Waals surface area (Å²) in [5.41, 5.74) is 2.65. The second kappa shape index (κ2) is 10.3. The molecule has 33 heavy (non-hydrogen) atoms. The smallest absolute Gasteiger partial charge is 0.343 e. The van der Waals surface area contributed by atoms with Crippen molar-refractivity contribution in [1.29, 1.82) is 0 Å². The zero-order chi connectivity index (χ0) is 24.0. The van der Waals surface area contributed by atoms with Gasteiger partial charge in [-0.3, -0.25) is 14.4 Å². The minimum absolute atomic E-state index is 0.0175. The Morgan fingerprint density at radius 3 is 2.48 bits per heavy atom. The molecule has 0 fully saturated rings. The minimum Gasteiger partial charge on any atom is -0.343 e. The van der Waals surface area contributed by atoms with E-state index in [0.29, 0.717) is 18.5 Å². The molecule has 10 heteroatoms. The van der Waals surface area contributed by atoms with Crippen LogP contribution in [0.3, 0.4) is 0 Å². The van der Waals surface area contributed by atoms with Crippen LogP contribution >= 0.6 is 0 Å². The van der Waals surface area contributed by atoms with Crippen molar-refractivity contribution in [2.24, 2.45) is 5.10 Å². The van der Waals surface area contributed by atoms with Crippen LogP contribution in [0.25, 0.3) is 0 Å². The van der Waals surface area contributed by atoms with Gasteiger partial charge >= 0.3 is 6.18 Å². The van der Waals surface area contributed by atoms with E-state index in [1.165, 1.54) is 23.2 Å². The van der Waals surface area contributed by atoms with Crippen molar-refractivity contribution in [3.05, 3.63) is 65.2 Å². The predicted molar refractivity (Wildman–Crippen MR) is 117 cm³/mol. The van der Waals surface area contributed by atoms with Gasteiger partial charge in [-0.25, -0.2) is 5.01 Å². The van der Waals surface area contributed by atoms with Gasteiger partial charge in [0, 0.05) is 30.5 Å². The van der Waals surface area contributed by atoms with Crippen LogP contribution in [0.2, 0.25) is 0 Å². The van der Waals surface area contributed by atoms with Gasteiger partial charge in [-0.15, -0.1) is 0 Å². The first-order valence-electron chi connectivity index (χ1n) is 10.3. The molecule has 1 heterocycles. The van der Waals surface area contributed by atoms with E-state index >= 15 is 0 Å². The highest BCUT2D eigenvalue weighted by Crippen LogP contribution is 2.19. The van der Waals surface area contributed by atoms with E-state index in [9.17, 15) is 27.6 Å². The molecule has 2 aromatic rings. The first kappa shape index (κ1) is 24.0. The number of carbonyl (C=O) groups is 3. The molecule has 0 bridgehead atoms. The third-order valence-corrected chi connectivity index (χ3v) is 4.99. The molecule has 7 nitrogen and oxygen atoms in total. The van der Waals surface area contributed by atoms with E-state index in [-0.39, 0.29) is 30.0 Å². The van der Waals surface area contributed by atoms with Gasteiger partial charge in [0.2, 0.25) is 11.8 Å². The number of rotatable bonds is 7. The van der Waals surface area contributed by atoms with Crippen molar-refractivity contribution in [1.82, 2.24) is 10.3 Å². The third-order valence-electron chi connectivity index (χ3n) is 4.99. The molecule has 174 valence electrons. The van der Waals surface area contributed by atoms with E-state index in [0.717, 1.165) is 11.3 Å². The van der Waals surface area contributed by atoms with Crippen LogP contribution in [-0.4, -0.2) is 47.7 Å². The summed E-state index contributed by atoms with van der Waals surface area (Å²) in [5.74, 6) is -1.64. The van der Waals surface area contributed by atoms with Crippen molar-refractivity contribution in [2.75, 3.05) is 18.4 Å². The number of anilines is 1. The first-order chi connectivity index (χ1) is 15.6. The lowest BCUT2D eigenvalue weighted by Crippen LogP contribution is -2.33.